The summed E-state index contributed by atoms with van der Waals surface area (Å²) >= 11 is 0. The van der Waals surface area contributed by atoms with Gasteiger partial charge >= 0.3 is 6.18 Å². The zero-order chi connectivity index (χ0) is 29.7. The topological polar surface area (TPSA) is 95.0 Å². The Kier molecular flexibility index (Phi) is 9.29. The number of para-hydroxylation sites is 1. The third-order valence-electron chi connectivity index (χ3n) is 7.11. The number of carbonyl (C=O) groups excluding carboxylic acids is 2. The van der Waals surface area contributed by atoms with Crippen LogP contribution >= 0.6 is 0 Å². The smallest absolute Gasteiger partial charge is 0.416 e. The van der Waals surface area contributed by atoms with Crippen LogP contribution in [0.3, 0.4) is 0 Å². The lowest BCUT2D eigenvalue weighted by Gasteiger charge is -2.38. The van der Waals surface area contributed by atoms with Crippen LogP contribution in [0.4, 0.5) is 18.9 Å². The summed E-state index contributed by atoms with van der Waals surface area (Å²) in [6, 6.07) is 12.6. The third-order valence-corrected chi connectivity index (χ3v) is 7.11. The first kappa shape index (κ1) is 30.0. The van der Waals surface area contributed by atoms with Crippen LogP contribution in [0.2, 0.25) is 0 Å². The van der Waals surface area contributed by atoms with Crippen LogP contribution in [-0.4, -0.2) is 70.6 Å². The number of aromatic nitrogens is 1. The van der Waals surface area contributed by atoms with Gasteiger partial charge in [-0.2, -0.15) is 13.2 Å². The molecule has 2 heterocycles. The number of nitrogens with zero attached hydrogens (tertiary/aromatic N) is 3. The molecule has 1 aliphatic heterocycles. The number of pyridine rings is 1. The van der Waals surface area contributed by atoms with Crippen molar-refractivity contribution in [3.8, 4) is 5.75 Å². The van der Waals surface area contributed by atoms with Crippen molar-refractivity contribution in [2.45, 2.75) is 38.7 Å². The van der Waals surface area contributed by atoms with Crippen molar-refractivity contribution < 1.29 is 32.6 Å². The molecule has 41 heavy (non-hydrogen) atoms. The van der Waals surface area contributed by atoms with Crippen LogP contribution in [0.15, 0.2) is 67.0 Å². The average molecular weight is 571 g/mol. The lowest BCUT2D eigenvalue weighted by molar-refractivity contribution is -0.137. The maximum absolute atomic E-state index is 13.6. The Morgan fingerprint density at radius 2 is 1.85 bits per heavy atom. The van der Waals surface area contributed by atoms with Crippen molar-refractivity contribution >= 4 is 17.5 Å². The molecule has 0 saturated carbocycles. The number of hydrogen-bond acceptors (Lipinski definition) is 6. The van der Waals surface area contributed by atoms with Crippen molar-refractivity contribution in [2.75, 3.05) is 32.1 Å². The Bertz CT molecular complexity index is 1350. The second-order valence-corrected chi connectivity index (χ2v) is 10.4. The van der Waals surface area contributed by atoms with Gasteiger partial charge in [0.15, 0.2) is 5.75 Å². The van der Waals surface area contributed by atoms with E-state index in [-0.39, 0.29) is 29.7 Å². The summed E-state index contributed by atoms with van der Waals surface area (Å²) in [6.07, 6.45) is -1.86. The van der Waals surface area contributed by atoms with E-state index in [1.165, 1.54) is 24.5 Å². The maximum Gasteiger partial charge on any atom is 0.416 e. The zero-order valence-electron chi connectivity index (χ0n) is 23.1. The lowest BCUT2D eigenvalue weighted by Crippen LogP contribution is -2.49. The molecule has 1 aliphatic rings. The van der Waals surface area contributed by atoms with E-state index in [1.807, 2.05) is 18.9 Å². The number of alkyl halides is 3. The number of aliphatic hydroxyl groups is 1. The van der Waals surface area contributed by atoms with Crippen molar-refractivity contribution in [1.29, 1.82) is 0 Å². The van der Waals surface area contributed by atoms with Gasteiger partial charge in [-0.25, -0.2) is 0 Å². The molecular formula is C30H33F3N4O4. The molecule has 0 saturated heterocycles. The number of nitrogens with one attached hydrogen (secondary N) is 1. The zero-order valence-corrected chi connectivity index (χ0v) is 23.1. The first-order valence-electron chi connectivity index (χ1n) is 13.3. The van der Waals surface area contributed by atoms with E-state index in [2.05, 4.69) is 10.3 Å². The monoisotopic (exact) mass is 570 g/mol. The van der Waals surface area contributed by atoms with Crippen LogP contribution in [0.5, 0.6) is 5.75 Å². The van der Waals surface area contributed by atoms with E-state index in [4.69, 9.17) is 4.74 Å². The van der Waals surface area contributed by atoms with E-state index in [0.29, 0.717) is 36.4 Å². The van der Waals surface area contributed by atoms with Gasteiger partial charge in [0.1, 0.15) is 6.10 Å². The number of rotatable bonds is 8. The second kappa shape index (κ2) is 12.7. The van der Waals surface area contributed by atoms with E-state index in [0.717, 1.165) is 12.1 Å². The van der Waals surface area contributed by atoms with E-state index >= 15 is 0 Å². The van der Waals surface area contributed by atoms with Crippen molar-refractivity contribution in [3.63, 3.8) is 0 Å². The van der Waals surface area contributed by atoms with E-state index < -0.39 is 29.8 Å². The summed E-state index contributed by atoms with van der Waals surface area (Å²) in [7, 11) is 1.84. The normalized spacial score (nSPS) is 18.2. The number of benzene rings is 2. The number of ether oxygens (including phenoxy) is 1. The summed E-state index contributed by atoms with van der Waals surface area (Å²) in [5.41, 5.74) is 0.947. The highest BCUT2D eigenvalue weighted by Crippen LogP contribution is 2.35. The highest BCUT2D eigenvalue weighted by Gasteiger charge is 2.35. The van der Waals surface area contributed by atoms with Crippen LogP contribution in [0, 0.1) is 5.92 Å². The summed E-state index contributed by atoms with van der Waals surface area (Å²) < 4.78 is 45.4. The summed E-state index contributed by atoms with van der Waals surface area (Å²) in [5.74, 6) is -0.705. The van der Waals surface area contributed by atoms with Crippen molar-refractivity contribution in [2.24, 2.45) is 5.92 Å². The number of fused-ring (bicyclic) bond motifs is 1. The van der Waals surface area contributed by atoms with Crippen LogP contribution < -0.4 is 10.1 Å². The molecule has 2 amide bonds. The van der Waals surface area contributed by atoms with Crippen LogP contribution in [0.25, 0.3) is 0 Å². The number of halogens is 3. The molecule has 0 unspecified atom stereocenters. The predicted molar refractivity (Wildman–Crippen MR) is 148 cm³/mol. The molecule has 3 aromatic rings. The summed E-state index contributed by atoms with van der Waals surface area (Å²) in [4.78, 5) is 34.1. The van der Waals surface area contributed by atoms with Gasteiger partial charge in [0.05, 0.1) is 29.5 Å². The van der Waals surface area contributed by atoms with Crippen LogP contribution in [-0.2, 0) is 12.7 Å². The minimum Gasteiger partial charge on any atom is -0.486 e. The van der Waals surface area contributed by atoms with E-state index in [9.17, 15) is 27.9 Å². The number of carbonyl (C=O) groups is 2. The SMILES string of the molecule is C[C@@H]1CN([C@@H](C)CO)C(=O)c2cccc(NC(=O)c3ccncc3)c2O[C@@H]1CN(C)Cc1ccc(C(F)(F)F)cc1. The van der Waals surface area contributed by atoms with Gasteiger partial charge in [0, 0.05) is 43.5 Å². The molecule has 0 radical (unpaired) electrons. The van der Waals surface area contributed by atoms with Crippen molar-refractivity contribution in [3.05, 3.63) is 89.2 Å². The average Bonchev–Trinajstić information content (AvgIpc) is 2.95. The molecule has 2 aromatic carbocycles. The number of hydrogen-bond donors (Lipinski definition) is 2. The molecule has 0 bridgehead atoms. The molecule has 8 nitrogen and oxygen atoms in total. The fourth-order valence-electron chi connectivity index (χ4n) is 4.74. The van der Waals surface area contributed by atoms with Gasteiger partial charge in [-0.05, 0) is 55.9 Å². The third kappa shape index (κ3) is 7.22. The second-order valence-electron chi connectivity index (χ2n) is 10.4. The minimum absolute atomic E-state index is 0.194. The predicted octanol–water partition coefficient (Wildman–Crippen LogP) is 4.70. The Hall–Kier alpha value is -3.96. The lowest BCUT2D eigenvalue weighted by atomic mass is 9.98. The Labute approximate surface area is 236 Å². The molecule has 3 atom stereocenters. The number of likely N-dealkylation sites (N-methyl/N-ethyl adjacent to an activating group) is 1. The Morgan fingerprint density at radius 1 is 1.17 bits per heavy atom. The molecule has 0 aliphatic carbocycles. The standard InChI is InChI=1S/C30H33F3N4O4/c1-19-15-37(20(2)18-38)29(40)24-5-4-6-25(35-28(39)22-11-13-34-14-12-22)27(24)41-26(19)17-36(3)16-21-7-9-23(10-8-21)30(31,32)33/h4-14,19-20,26,38H,15-18H2,1-3H3,(H,35,39)/t19-,20+,26-/m1/s1. The molecule has 0 spiro atoms. The molecule has 1 aromatic heterocycles. The van der Waals surface area contributed by atoms with Gasteiger partial charge in [-0.15, -0.1) is 0 Å². The summed E-state index contributed by atoms with van der Waals surface area (Å²) in [5, 5.41) is 12.7. The highest BCUT2D eigenvalue weighted by molar-refractivity contribution is 6.07. The fraction of sp³-hybridized carbons (Fsp3) is 0.367. The largest absolute Gasteiger partial charge is 0.486 e. The summed E-state index contributed by atoms with van der Waals surface area (Å²) in [6.45, 7) is 4.52. The number of aliphatic hydroxyl groups excluding tert-OH is 1. The fourth-order valence-corrected chi connectivity index (χ4v) is 4.74. The molecule has 0 fully saturated rings. The Balaban J connectivity index is 1.63. The maximum atomic E-state index is 13.6. The number of anilines is 1. The van der Waals surface area contributed by atoms with Gasteiger partial charge in [0.2, 0.25) is 0 Å². The van der Waals surface area contributed by atoms with Gasteiger partial charge < -0.3 is 20.1 Å². The molecular weight excluding hydrogens is 537 g/mol. The molecule has 218 valence electrons. The van der Waals surface area contributed by atoms with Gasteiger partial charge in [-0.1, -0.05) is 25.1 Å². The number of amides is 2. The van der Waals surface area contributed by atoms with Gasteiger partial charge in [-0.3, -0.25) is 19.5 Å². The Morgan fingerprint density at radius 3 is 2.49 bits per heavy atom. The minimum atomic E-state index is -4.40. The van der Waals surface area contributed by atoms with E-state index in [1.54, 1.807) is 42.2 Å². The highest BCUT2D eigenvalue weighted by atomic mass is 19.4. The molecule has 11 heteroatoms. The molecule has 2 N–H and O–H groups in total. The quantitative estimate of drug-likeness (QED) is 0.408. The first-order valence-corrected chi connectivity index (χ1v) is 13.3. The van der Waals surface area contributed by atoms with Gasteiger partial charge in [0.25, 0.3) is 11.8 Å². The molecule has 4 rings (SSSR count). The van der Waals surface area contributed by atoms with Crippen LogP contribution in [0.1, 0.15) is 45.7 Å². The first-order chi connectivity index (χ1) is 19.5. The van der Waals surface area contributed by atoms with Crippen molar-refractivity contribution in [1.82, 2.24) is 14.8 Å².